The van der Waals surface area contributed by atoms with E-state index in [-0.39, 0.29) is 6.61 Å². The fraction of sp³-hybridized carbons (Fsp3) is 0.700. The summed E-state index contributed by atoms with van der Waals surface area (Å²) in [5.74, 6) is -19.6. The molecule has 2 N–H and O–H groups in total. The molecule has 134 valence electrons. The Morgan fingerprint density at radius 3 is 1.91 bits per heavy atom. The van der Waals surface area contributed by atoms with Crippen molar-refractivity contribution in [3.63, 3.8) is 0 Å². The number of halogens is 7. The van der Waals surface area contributed by atoms with Crippen LogP contribution in [-0.4, -0.2) is 53.6 Å². The first kappa shape index (κ1) is 20.9. The number of alkyl halides is 7. The first-order valence-electron chi connectivity index (χ1n) is 5.70. The molecule has 1 amide bonds. The van der Waals surface area contributed by atoms with Crippen molar-refractivity contribution in [1.29, 1.82) is 0 Å². The van der Waals surface area contributed by atoms with Crippen LogP contribution in [0.1, 0.15) is 13.3 Å². The van der Waals surface area contributed by atoms with Gasteiger partial charge >= 0.3 is 30.0 Å². The Morgan fingerprint density at radius 1 is 1.09 bits per heavy atom. The van der Waals surface area contributed by atoms with E-state index < -0.39 is 48.3 Å². The zero-order valence-corrected chi connectivity index (χ0v) is 11.2. The molecule has 13 heteroatoms. The van der Waals surface area contributed by atoms with E-state index in [1.54, 1.807) is 0 Å². The van der Waals surface area contributed by atoms with Crippen LogP contribution in [0.3, 0.4) is 0 Å². The number of carbonyl (C=O) groups is 3. The van der Waals surface area contributed by atoms with Crippen LogP contribution in [0.15, 0.2) is 0 Å². The number of hydrogen-bond acceptors (Lipinski definition) is 4. The second-order valence-electron chi connectivity index (χ2n) is 4.02. The molecular formula is C10H10F7NO5. The molecule has 0 aromatic carbocycles. The quantitative estimate of drug-likeness (QED) is 0.530. The Balaban J connectivity index is 5.39. The minimum Gasteiger partial charge on any atom is -0.481 e. The van der Waals surface area contributed by atoms with Crippen molar-refractivity contribution >= 4 is 17.8 Å². The molecular weight excluding hydrogens is 347 g/mol. The van der Waals surface area contributed by atoms with Gasteiger partial charge in [0.2, 0.25) is 0 Å². The maximum Gasteiger partial charge on any atom is 0.460 e. The molecule has 0 bridgehead atoms. The van der Waals surface area contributed by atoms with Gasteiger partial charge < -0.3 is 15.2 Å². The summed E-state index contributed by atoms with van der Waals surface area (Å²) in [7, 11) is 0. The molecule has 0 unspecified atom stereocenters. The molecule has 0 rings (SSSR count). The molecule has 0 aliphatic rings. The Kier molecular flexibility index (Phi) is 6.37. The van der Waals surface area contributed by atoms with Gasteiger partial charge in [-0.1, -0.05) is 0 Å². The van der Waals surface area contributed by atoms with Gasteiger partial charge in [-0.15, -0.1) is 0 Å². The first-order chi connectivity index (χ1) is 10.2. The normalized spacial score (nSPS) is 14.1. The topological polar surface area (TPSA) is 92.7 Å². The molecule has 0 aromatic heterocycles. The Morgan fingerprint density at radius 2 is 1.57 bits per heavy atom. The zero-order chi connectivity index (χ0) is 18.6. The van der Waals surface area contributed by atoms with Gasteiger partial charge in [0.05, 0.1) is 13.0 Å². The van der Waals surface area contributed by atoms with Gasteiger partial charge in [-0.05, 0) is 6.92 Å². The minimum atomic E-state index is -6.75. The van der Waals surface area contributed by atoms with E-state index in [1.807, 2.05) is 0 Å². The van der Waals surface area contributed by atoms with Gasteiger partial charge in [-0.2, -0.15) is 30.7 Å². The summed E-state index contributed by atoms with van der Waals surface area (Å²) in [6.45, 7) is 0.823. The first-order valence-corrected chi connectivity index (χ1v) is 5.70. The van der Waals surface area contributed by atoms with Crippen LogP contribution in [0, 0.1) is 0 Å². The highest BCUT2D eigenvalue weighted by atomic mass is 19.4. The summed E-state index contributed by atoms with van der Waals surface area (Å²) >= 11 is 0. The Labute approximate surface area is 123 Å². The summed E-state index contributed by atoms with van der Waals surface area (Å²) in [5, 5.41) is 9.26. The molecule has 6 nitrogen and oxygen atoms in total. The van der Waals surface area contributed by atoms with Crippen LogP contribution < -0.4 is 5.32 Å². The molecule has 0 spiro atoms. The van der Waals surface area contributed by atoms with Gasteiger partial charge in [-0.25, -0.2) is 4.79 Å². The van der Waals surface area contributed by atoms with E-state index in [2.05, 4.69) is 4.74 Å². The van der Waals surface area contributed by atoms with E-state index in [1.165, 1.54) is 6.92 Å². The summed E-state index contributed by atoms with van der Waals surface area (Å²) in [6, 6.07) is -2.37. The standard InChI is InChI=1S/C10H10F7NO5/c1-2-23-6(21)4(3-5(19)20)18-7(22)8(11,12)9(13,14)10(15,16)17/h4H,2-3H2,1H3,(H,18,22)(H,19,20)/t4-/m0/s1. The van der Waals surface area contributed by atoms with E-state index in [4.69, 9.17) is 5.11 Å². The lowest BCUT2D eigenvalue weighted by Gasteiger charge is -2.28. The molecule has 0 aliphatic carbocycles. The smallest absolute Gasteiger partial charge is 0.460 e. The summed E-state index contributed by atoms with van der Waals surface area (Å²) in [5.41, 5.74) is 0. The summed E-state index contributed by atoms with van der Waals surface area (Å²) in [6.07, 6.45) is -8.11. The fourth-order valence-corrected chi connectivity index (χ4v) is 1.18. The van der Waals surface area contributed by atoms with Crippen molar-refractivity contribution in [3.8, 4) is 0 Å². The third kappa shape index (κ3) is 4.69. The molecule has 0 saturated carbocycles. The maximum absolute atomic E-state index is 13.1. The second kappa shape index (κ2) is 7.00. The molecule has 23 heavy (non-hydrogen) atoms. The van der Waals surface area contributed by atoms with E-state index in [9.17, 15) is 45.1 Å². The van der Waals surface area contributed by atoms with Crippen molar-refractivity contribution in [1.82, 2.24) is 5.32 Å². The van der Waals surface area contributed by atoms with Crippen molar-refractivity contribution in [2.75, 3.05) is 6.61 Å². The highest BCUT2D eigenvalue weighted by Gasteiger charge is 2.76. The van der Waals surface area contributed by atoms with Gasteiger partial charge in [-0.3, -0.25) is 9.59 Å². The largest absolute Gasteiger partial charge is 0.481 e. The SMILES string of the molecule is CCOC(=O)[C@H](CC(=O)O)NC(=O)C(F)(F)C(F)(F)C(F)(F)F. The number of hydrogen-bond donors (Lipinski definition) is 2. The number of esters is 1. The molecule has 0 radical (unpaired) electrons. The third-order valence-corrected chi connectivity index (χ3v) is 2.29. The predicted octanol–water partition coefficient (Wildman–Crippen LogP) is 1.34. The van der Waals surface area contributed by atoms with Gasteiger partial charge in [0, 0.05) is 0 Å². The van der Waals surface area contributed by atoms with Crippen LogP contribution in [0.4, 0.5) is 30.7 Å². The Hall–Kier alpha value is -2.08. The molecule has 1 atom stereocenters. The van der Waals surface area contributed by atoms with Gasteiger partial charge in [0.15, 0.2) is 0 Å². The number of carbonyl (C=O) groups excluding carboxylic acids is 2. The fourth-order valence-electron chi connectivity index (χ4n) is 1.18. The molecule has 0 aliphatic heterocycles. The number of rotatable bonds is 7. The van der Waals surface area contributed by atoms with E-state index in [0.29, 0.717) is 0 Å². The maximum atomic E-state index is 13.1. The molecule has 0 saturated heterocycles. The van der Waals surface area contributed by atoms with Gasteiger partial charge in [0.25, 0.3) is 5.91 Å². The minimum absolute atomic E-state index is 0.389. The molecule has 0 fully saturated rings. The highest BCUT2D eigenvalue weighted by Crippen LogP contribution is 2.46. The predicted molar refractivity (Wildman–Crippen MR) is 56.8 cm³/mol. The molecule has 0 heterocycles. The van der Waals surface area contributed by atoms with Crippen LogP contribution in [0.2, 0.25) is 0 Å². The second-order valence-corrected chi connectivity index (χ2v) is 4.02. The lowest BCUT2D eigenvalue weighted by atomic mass is 10.1. The van der Waals surface area contributed by atoms with Crippen LogP contribution in [-0.2, 0) is 19.1 Å². The van der Waals surface area contributed by atoms with E-state index >= 15 is 0 Å². The lowest BCUT2D eigenvalue weighted by Crippen LogP contribution is -2.61. The summed E-state index contributed by atoms with van der Waals surface area (Å²) < 4.78 is 91.4. The highest BCUT2D eigenvalue weighted by molar-refractivity contribution is 5.91. The monoisotopic (exact) mass is 357 g/mol. The van der Waals surface area contributed by atoms with Crippen LogP contribution in [0.25, 0.3) is 0 Å². The number of amides is 1. The number of carboxylic acid groups (broad SMARTS) is 1. The van der Waals surface area contributed by atoms with Crippen LogP contribution in [0.5, 0.6) is 0 Å². The lowest BCUT2D eigenvalue weighted by molar-refractivity contribution is -0.344. The average molecular weight is 357 g/mol. The van der Waals surface area contributed by atoms with Gasteiger partial charge in [0.1, 0.15) is 6.04 Å². The number of carboxylic acids is 1. The van der Waals surface area contributed by atoms with E-state index in [0.717, 1.165) is 5.32 Å². The number of nitrogens with one attached hydrogen (secondary N) is 1. The van der Waals surface area contributed by atoms with Crippen molar-refractivity contribution in [2.24, 2.45) is 0 Å². The zero-order valence-electron chi connectivity index (χ0n) is 11.2. The van der Waals surface area contributed by atoms with Crippen LogP contribution >= 0.6 is 0 Å². The van der Waals surface area contributed by atoms with Crippen molar-refractivity contribution in [2.45, 2.75) is 37.4 Å². The third-order valence-electron chi connectivity index (χ3n) is 2.29. The van der Waals surface area contributed by atoms with Crippen molar-refractivity contribution in [3.05, 3.63) is 0 Å². The average Bonchev–Trinajstić information content (AvgIpc) is 2.35. The number of ether oxygens (including phenoxy) is 1. The Bertz CT molecular complexity index is 477. The van der Waals surface area contributed by atoms with Crippen molar-refractivity contribution < 1.29 is 55.0 Å². The summed E-state index contributed by atoms with van der Waals surface area (Å²) in [4.78, 5) is 32.7. The molecule has 0 aromatic rings. The number of aliphatic carboxylic acids is 1.